The predicted octanol–water partition coefficient (Wildman–Crippen LogP) is 5.20. The lowest BCUT2D eigenvalue weighted by Gasteiger charge is -2.31. The lowest BCUT2D eigenvalue weighted by Crippen LogP contribution is -2.30. The average molecular weight is 280 g/mol. The molecule has 0 atom stereocenters. The summed E-state index contributed by atoms with van der Waals surface area (Å²) >= 11 is 4.58. The van der Waals surface area contributed by atoms with Crippen LogP contribution < -0.4 is 4.74 Å². The zero-order valence-corrected chi connectivity index (χ0v) is 13.7. The summed E-state index contributed by atoms with van der Waals surface area (Å²) < 4.78 is 6.08. The van der Waals surface area contributed by atoms with Crippen LogP contribution in [0.5, 0.6) is 5.75 Å². The van der Waals surface area contributed by atoms with E-state index in [0.29, 0.717) is 0 Å². The predicted molar refractivity (Wildman–Crippen MR) is 87.5 cm³/mol. The quantitative estimate of drug-likeness (QED) is 0.644. The maximum absolute atomic E-state index is 6.08. The van der Waals surface area contributed by atoms with Gasteiger partial charge in [0.25, 0.3) is 0 Å². The molecule has 0 radical (unpaired) electrons. The Morgan fingerprint density at radius 1 is 1.00 bits per heavy atom. The van der Waals surface area contributed by atoms with Crippen molar-refractivity contribution in [2.75, 3.05) is 12.4 Å². The molecule has 1 aromatic carbocycles. The Hall–Kier alpha value is -0.630. The molecule has 0 N–H and O–H groups in total. The summed E-state index contributed by atoms with van der Waals surface area (Å²) in [5, 5.41) is 0. The van der Waals surface area contributed by atoms with Crippen LogP contribution in [0.15, 0.2) is 18.2 Å². The molecule has 0 aliphatic carbocycles. The van der Waals surface area contributed by atoms with Crippen molar-refractivity contribution < 1.29 is 4.74 Å². The molecule has 0 amide bonds. The zero-order chi connectivity index (χ0) is 14.3. The number of thiol groups is 1. The second kappa shape index (κ2) is 7.84. The molecule has 1 aromatic rings. The van der Waals surface area contributed by atoms with Crippen LogP contribution in [0.1, 0.15) is 50.7 Å². The number of hydrogen-bond donors (Lipinski definition) is 1. The normalized spacial score (nSPS) is 11.6. The van der Waals surface area contributed by atoms with Crippen molar-refractivity contribution in [3.63, 3.8) is 0 Å². The van der Waals surface area contributed by atoms with E-state index in [0.717, 1.165) is 18.1 Å². The van der Waals surface area contributed by atoms with Gasteiger partial charge >= 0.3 is 0 Å². The van der Waals surface area contributed by atoms with E-state index in [4.69, 9.17) is 4.74 Å². The lowest BCUT2D eigenvalue weighted by molar-refractivity contribution is 0.143. The van der Waals surface area contributed by atoms with Crippen LogP contribution in [-0.4, -0.2) is 12.4 Å². The summed E-state index contributed by atoms with van der Waals surface area (Å²) in [6.07, 6.45) is 4.76. The molecule has 0 fully saturated rings. The fourth-order valence-corrected chi connectivity index (χ4v) is 3.19. The molecular weight excluding hydrogens is 252 g/mol. The summed E-state index contributed by atoms with van der Waals surface area (Å²) in [5.74, 6) is 1.90. The molecule has 1 nitrogen and oxygen atoms in total. The molecule has 2 heteroatoms. The van der Waals surface area contributed by atoms with Gasteiger partial charge in [0.15, 0.2) is 0 Å². The Balaban J connectivity index is 2.74. The van der Waals surface area contributed by atoms with Crippen LogP contribution in [0.2, 0.25) is 0 Å². The van der Waals surface area contributed by atoms with Crippen molar-refractivity contribution in [1.82, 2.24) is 0 Å². The molecule has 1 rings (SSSR count). The van der Waals surface area contributed by atoms with Gasteiger partial charge in [-0.25, -0.2) is 0 Å². The molecule has 0 spiro atoms. The molecule has 0 aromatic heterocycles. The first-order chi connectivity index (χ1) is 9.05. The van der Waals surface area contributed by atoms with Crippen molar-refractivity contribution in [2.45, 2.75) is 53.4 Å². The molecule has 0 saturated carbocycles. The number of benzene rings is 1. The van der Waals surface area contributed by atoms with Crippen molar-refractivity contribution in [1.29, 1.82) is 0 Å². The minimum absolute atomic E-state index is 0.226. The van der Waals surface area contributed by atoms with E-state index in [1.807, 2.05) is 0 Å². The average Bonchev–Trinajstić information content (AvgIpc) is 2.35. The van der Waals surface area contributed by atoms with Crippen LogP contribution in [-0.2, 0) is 0 Å². The third-order valence-corrected chi connectivity index (χ3v) is 4.31. The Morgan fingerprint density at radius 3 is 1.95 bits per heavy atom. The van der Waals surface area contributed by atoms with E-state index in [2.05, 4.69) is 58.5 Å². The molecule has 19 heavy (non-hydrogen) atoms. The summed E-state index contributed by atoms with van der Waals surface area (Å²) in [5.41, 5.74) is 2.75. The van der Waals surface area contributed by atoms with E-state index in [9.17, 15) is 0 Å². The smallest absolute Gasteiger partial charge is 0.119 e. The molecule has 0 aliphatic rings. The minimum atomic E-state index is 0.226. The molecule has 0 bridgehead atoms. The van der Waals surface area contributed by atoms with Crippen LogP contribution in [0.3, 0.4) is 0 Å². The van der Waals surface area contributed by atoms with Gasteiger partial charge in [-0.05, 0) is 55.7 Å². The van der Waals surface area contributed by atoms with Gasteiger partial charge < -0.3 is 4.74 Å². The topological polar surface area (TPSA) is 9.23 Å². The monoisotopic (exact) mass is 280 g/mol. The number of rotatable bonds is 8. The van der Waals surface area contributed by atoms with Crippen LogP contribution in [0.25, 0.3) is 0 Å². The highest BCUT2D eigenvalue weighted by Crippen LogP contribution is 2.32. The molecule has 0 unspecified atom stereocenters. The number of hydrogen-bond acceptors (Lipinski definition) is 2. The summed E-state index contributed by atoms with van der Waals surface area (Å²) in [7, 11) is 0. The standard InChI is InChI=1S/C17H28OS/c1-5-7-17(13-19,8-6-2)12-18-16-10-14(3)9-15(4)11-16/h9-11,19H,5-8,12-13H2,1-4H3. The molecule has 0 heterocycles. The second-order valence-electron chi connectivity index (χ2n) is 5.77. The first-order valence-electron chi connectivity index (χ1n) is 7.37. The van der Waals surface area contributed by atoms with Gasteiger partial charge in [-0.15, -0.1) is 0 Å². The SMILES string of the molecule is CCCC(CS)(CCC)COc1cc(C)cc(C)c1. The Bertz CT molecular complexity index is 361. The van der Waals surface area contributed by atoms with E-state index in [1.165, 1.54) is 36.8 Å². The highest BCUT2D eigenvalue weighted by atomic mass is 32.1. The van der Waals surface area contributed by atoms with E-state index < -0.39 is 0 Å². The third kappa shape index (κ3) is 5.10. The Kier molecular flexibility index (Phi) is 6.78. The number of ether oxygens (including phenoxy) is 1. The summed E-state index contributed by atoms with van der Waals surface area (Å²) in [6, 6.07) is 6.42. The maximum atomic E-state index is 6.08. The second-order valence-corrected chi connectivity index (χ2v) is 6.09. The van der Waals surface area contributed by atoms with E-state index in [1.54, 1.807) is 0 Å². The van der Waals surface area contributed by atoms with Crippen molar-refractivity contribution in [3.05, 3.63) is 29.3 Å². The summed E-state index contributed by atoms with van der Waals surface area (Å²) in [4.78, 5) is 0. The molecular formula is C17H28OS. The maximum Gasteiger partial charge on any atom is 0.119 e. The molecule has 0 saturated heterocycles. The van der Waals surface area contributed by atoms with Gasteiger partial charge in [0.2, 0.25) is 0 Å². The van der Waals surface area contributed by atoms with Gasteiger partial charge in [-0.2, -0.15) is 12.6 Å². The largest absolute Gasteiger partial charge is 0.493 e. The zero-order valence-electron chi connectivity index (χ0n) is 12.8. The lowest BCUT2D eigenvalue weighted by atomic mass is 9.82. The van der Waals surface area contributed by atoms with Crippen molar-refractivity contribution >= 4 is 12.6 Å². The van der Waals surface area contributed by atoms with Crippen LogP contribution >= 0.6 is 12.6 Å². The van der Waals surface area contributed by atoms with Gasteiger partial charge in [-0.1, -0.05) is 32.8 Å². The first-order valence-corrected chi connectivity index (χ1v) is 8.00. The van der Waals surface area contributed by atoms with Crippen molar-refractivity contribution in [3.8, 4) is 5.75 Å². The number of aryl methyl sites for hydroxylation is 2. The van der Waals surface area contributed by atoms with E-state index in [-0.39, 0.29) is 5.41 Å². The Morgan fingerprint density at radius 2 is 1.53 bits per heavy atom. The fraction of sp³-hybridized carbons (Fsp3) is 0.647. The summed E-state index contributed by atoms with van der Waals surface area (Å²) in [6.45, 7) is 9.49. The van der Waals surface area contributed by atoms with Gasteiger partial charge in [0.1, 0.15) is 5.75 Å². The van der Waals surface area contributed by atoms with Gasteiger partial charge in [0, 0.05) is 5.41 Å². The molecule has 0 aliphatic heterocycles. The molecule has 108 valence electrons. The van der Waals surface area contributed by atoms with Crippen molar-refractivity contribution in [2.24, 2.45) is 5.41 Å². The first kappa shape index (κ1) is 16.4. The Labute approximate surface area is 124 Å². The van der Waals surface area contributed by atoms with Crippen LogP contribution in [0, 0.1) is 19.3 Å². The van der Waals surface area contributed by atoms with Gasteiger partial charge in [-0.3, -0.25) is 0 Å². The highest BCUT2D eigenvalue weighted by Gasteiger charge is 2.27. The highest BCUT2D eigenvalue weighted by molar-refractivity contribution is 7.80. The van der Waals surface area contributed by atoms with E-state index >= 15 is 0 Å². The minimum Gasteiger partial charge on any atom is -0.493 e. The van der Waals surface area contributed by atoms with Crippen LogP contribution in [0.4, 0.5) is 0 Å². The fourth-order valence-electron chi connectivity index (χ4n) is 2.79. The van der Waals surface area contributed by atoms with Gasteiger partial charge in [0.05, 0.1) is 6.61 Å². The third-order valence-electron chi connectivity index (χ3n) is 3.64.